The molecule has 1 aromatic heterocycles. The lowest BCUT2D eigenvalue weighted by atomic mass is 9.96. The van der Waals surface area contributed by atoms with Crippen LogP contribution >= 0.6 is 0 Å². The van der Waals surface area contributed by atoms with E-state index in [1.807, 2.05) is 23.1 Å². The first-order valence-electron chi connectivity index (χ1n) is 7.49. The molecule has 5 nitrogen and oxygen atoms in total. The number of anilines is 1. The highest BCUT2D eigenvalue weighted by Crippen LogP contribution is 2.37. The van der Waals surface area contributed by atoms with Gasteiger partial charge < -0.3 is 14.6 Å². The molecule has 5 heteroatoms. The molecule has 1 N–H and O–H groups in total. The largest absolute Gasteiger partial charge is 0.467 e. The summed E-state index contributed by atoms with van der Waals surface area (Å²) in [4.78, 5) is 26.2. The summed E-state index contributed by atoms with van der Waals surface area (Å²) in [6.45, 7) is 1.16. The number of benzene rings is 1. The Kier molecular flexibility index (Phi) is 2.99. The highest BCUT2D eigenvalue weighted by molar-refractivity contribution is 6.04. The van der Waals surface area contributed by atoms with Crippen LogP contribution in [0.4, 0.5) is 5.69 Å². The third kappa shape index (κ3) is 2.09. The van der Waals surface area contributed by atoms with Gasteiger partial charge in [-0.2, -0.15) is 0 Å². The molecule has 0 atom stereocenters. The van der Waals surface area contributed by atoms with Crippen molar-refractivity contribution >= 4 is 17.5 Å². The maximum Gasteiger partial charge on any atom is 0.251 e. The molecule has 2 amide bonds. The highest BCUT2D eigenvalue weighted by atomic mass is 16.3. The van der Waals surface area contributed by atoms with Gasteiger partial charge in [-0.1, -0.05) is 0 Å². The molecule has 0 spiro atoms. The maximum atomic E-state index is 12.3. The molecule has 112 valence electrons. The Balaban J connectivity index is 1.60. The van der Waals surface area contributed by atoms with Crippen molar-refractivity contribution in [1.29, 1.82) is 0 Å². The van der Waals surface area contributed by atoms with Crippen LogP contribution in [0.2, 0.25) is 0 Å². The van der Waals surface area contributed by atoms with Gasteiger partial charge in [0.25, 0.3) is 5.91 Å². The number of carbonyl (C=O) groups excluding carboxylic acids is 2. The summed E-state index contributed by atoms with van der Waals surface area (Å²) in [6.07, 6.45) is 3.86. The SMILES string of the molecule is O=C(NCc1ccco1)c1cc2c3c(c1)CC(=O)N3CCC2. The average molecular weight is 296 g/mol. The number of carbonyl (C=O) groups is 2. The smallest absolute Gasteiger partial charge is 0.251 e. The number of amides is 2. The zero-order chi connectivity index (χ0) is 15.1. The number of nitrogens with one attached hydrogen (secondary N) is 1. The van der Waals surface area contributed by atoms with Crippen molar-refractivity contribution < 1.29 is 14.0 Å². The van der Waals surface area contributed by atoms with Crippen molar-refractivity contribution in [3.63, 3.8) is 0 Å². The number of hydrogen-bond acceptors (Lipinski definition) is 3. The molecular weight excluding hydrogens is 280 g/mol. The Hall–Kier alpha value is -2.56. The van der Waals surface area contributed by atoms with Crippen LogP contribution in [-0.4, -0.2) is 18.4 Å². The molecule has 3 heterocycles. The Bertz CT molecular complexity index is 750. The van der Waals surface area contributed by atoms with Gasteiger partial charge in [0.15, 0.2) is 0 Å². The Morgan fingerprint density at radius 1 is 1.32 bits per heavy atom. The van der Waals surface area contributed by atoms with Crippen molar-refractivity contribution in [2.75, 3.05) is 11.4 Å². The zero-order valence-corrected chi connectivity index (χ0v) is 12.1. The van der Waals surface area contributed by atoms with E-state index in [4.69, 9.17) is 4.42 Å². The van der Waals surface area contributed by atoms with Gasteiger partial charge in [-0.25, -0.2) is 0 Å². The topological polar surface area (TPSA) is 62.6 Å². The zero-order valence-electron chi connectivity index (χ0n) is 12.1. The normalized spacial score (nSPS) is 15.8. The lowest BCUT2D eigenvalue weighted by Crippen LogP contribution is -2.31. The molecule has 0 saturated heterocycles. The molecule has 0 unspecified atom stereocenters. The number of furan rings is 1. The number of aryl methyl sites for hydroxylation is 1. The van der Waals surface area contributed by atoms with Crippen molar-refractivity contribution in [3.8, 4) is 0 Å². The van der Waals surface area contributed by atoms with Crippen LogP contribution in [0.1, 0.15) is 33.7 Å². The van der Waals surface area contributed by atoms with E-state index in [1.165, 1.54) is 0 Å². The molecule has 1 aromatic carbocycles. The van der Waals surface area contributed by atoms with E-state index >= 15 is 0 Å². The maximum absolute atomic E-state index is 12.3. The fourth-order valence-electron chi connectivity index (χ4n) is 3.29. The standard InChI is InChI=1S/C17H16N2O3/c20-15-9-12-8-13(7-11-3-1-5-19(15)16(11)12)17(21)18-10-14-4-2-6-22-14/h2,4,6-8H,1,3,5,9-10H2,(H,18,21). The second kappa shape index (κ2) is 5.02. The summed E-state index contributed by atoms with van der Waals surface area (Å²) >= 11 is 0. The van der Waals surface area contributed by atoms with Crippen LogP contribution in [0, 0.1) is 0 Å². The molecule has 0 bridgehead atoms. The minimum absolute atomic E-state index is 0.132. The van der Waals surface area contributed by atoms with Crippen LogP contribution in [-0.2, 0) is 24.2 Å². The molecule has 4 rings (SSSR count). The Morgan fingerprint density at radius 2 is 2.18 bits per heavy atom. The Morgan fingerprint density at radius 3 is 3.00 bits per heavy atom. The summed E-state index contributed by atoms with van der Waals surface area (Å²) < 4.78 is 5.21. The molecule has 2 aliphatic rings. The predicted molar refractivity (Wildman–Crippen MR) is 80.7 cm³/mol. The fraction of sp³-hybridized carbons (Fsp3) is 0.294. The quantitative estimate of drug-likeness (QED) is 0.943. The van der Waals surface area contributed by atoms with Crippen molar-refractivity contribution in [1.82, 2.24) is 5.32 Å². The van der Waals surface area contributed by atoms with E-state index < -0.39 is 0 Å². The minimum Gasteiger partial charge on any atom is -0.467 e. The molecule has 0 saturated carbocycles. The van der Waals surface area contributed by atoms with E-state index in [9.17, 15) is 9.59 Å². The van der Waals surface area contributed by atoms with E-state index in [0.717, 1.165) is 42.0 Å². The van der Waals surface area contributed by atoms with Gasteiger partial charge in [0, 0.05) is 12.1 Å². The third-order valence-electron chi connectivity index (χ3n) is 4.27. The van der Waals surface area contributed by atoms with Gasteiger partial charge in [0.1, 0.15) is 5.76 Å². The van der Waals surface area contributed by atoms with Crippen molar-refractivity contribution in [3.05, 3.63) is 53.0 Å². The van der Waals surface area contributed by atoms with Crippen LogP contribution in [0.5, 0.6) is 0 Å². The highest BCUT2D eigenvalue weighted by Gasteiger charge is 2.32. The number of hydrogen-bond donors (Lipinski definition) is 1. The molecule has 0 aliphatic carbocycles. The van der Waals surface area contributed by atoms with Gasteiger partial charge in [-0.3, -0.25) is 9.59 Å². The molecule has 0 radical (unpaired) electrons. The average Bonchev–Trinajstić information content (AvgIpc) is 3.15. The van der Waals surface area contributed by atoms with Gasteiger partial charge in [0.2, 0.25) is 5.91 Å². The van der Waals surface area contributed by atoms with Crippen LogP contribution in [0.3, 0.4) is 0 Å². The van der Waals surface area contributed by atoms with Crippen LogP contribution < -0.4 is 10.2 Å². The van der Waals surface area contributed by atoms with Crippen molar-refractivity contribution in [2.45, 2.75) is 25.8 Å². The van der Waals surface area contributed by atoms with E-state index in [1.54, 1.807) is 12.3 Å². The fourth-order valence-corrected chi connectivity index (χ4v) is 3.29. The lowest BCUT2D eigenvalue weighted by Gasteiger charge is -2.25. The van der Waals surface area contributed by atoms with E-state index in [-0.39, 0.29) is 11.8 Å². The Labute approximate surface area is 127 Å². The summed E-state index contributed by atoms with van der Waals surface area (Å²) in [5.41, 5.74) is 3.75. The summed E-state index contributed by atoms with van der Waals surface area (Å²) in [5.74, 6) is 0.730. The van der Waals surface area contributed by atoms with Gasteiger partial charge >= 0.3 is 0 Å². The van der Waals surface area contributed by atoms with Gasteiger partial charge in [0.05, 0.1) is 24.9 Å². The van der Waals surface area contributed by atoms with Gasteiger partial charge in [-0.05, 0) is 48.2 Å². The van der Waals surface area contributed by atoms with E-state index in [2.05, 4.69) is 5.32 Å². The first-order valence-corrected chi connectivity index (χ1v) is 7.49. The molecule has 2 aromatic rings. The second-order valence-corrected chi connectivity index (χ2v) is 5.73. The van der Waals surface area contributed by atoms with E-state index in [0.29, 0.717) is 18.5 Å². The monoisotopic (exact) mass is 296 g/mol. The first-order chi connectivity index (χ1) is 10.7. The minimum atomic E-state index is -0.132. The summed E-state index contributed by atoms with van der Waals surface area (Å²) in [5, 5.41) is 2.85. The number of nitrogens with zero attached hydrogens (tertiary/aromatic N) is 1. The summed E-state index contributed by atoms with van der Waals surface area (Å²) in [6, 6.07) is 7.38. The van der Waals surface area contributed by atoms with Crippen LogP contribution in [0.15, 0.2) is 34.9 Å². The van der Waals surface area contributed by atoms with Gasteiger partial charge in [-0.15, -0.1) is 0 Å². The lowest BCUT2D eigenvalue weighted by molar-refractivity contribution is -0.117. The molecule has 22 heavy (non-hydrogen) atoms. The third-order valence-corrected chi connectivity index (χ3v) is 4.27. The molecular formula is C17H16N2O3. The first kappa shape index (κ1) is 13.1. The van der Waals surface area contributed by atoms with Crippen molar-refractivity contribution in [2.24, 2.45) is 0 Å². The summed E-state index contributed by atoms with van der Waals surface area (Å²) in [7, 11) is 0. The predicted octanol–water partition coefficient (Wildman–Crippen LogP) is 2.04. The number of rotatable bonds is 3. The molecule has 2 aliphatic heterocycles. The molecule has 0 fully saturated rings. The second-order valence-electron chi connectivity index (χ2n) is 5.73. The van der Waals surface area contributed by atoms with Crippen LogP contribution in [0.25, 0.3) is 0 Å².